The first kappa shape index (κ1) is 12.9. The molecule has 2 aliphatic carbocycles. The Morgan fingerprint density at radius 2 is 1.76 bits per heavy atom. The average Bonchev–Trinajstić information content (AvgIpc) is 2.86. The molecule has 0 aliphatic heterocycles. The van der Waals surface area contributed by atoms with E-state index in [1.165, 1.54) is 44.9 Å². The van der Waals surface area contributed by atoms with E-state index in [1.807, 2.05) is 0 Å². The molecule has 0 aromatic rings. The van der Waals surface area contributed by atoms with E-state index in [9.17, 15) is 4.79 Å². The quantitative estimate of drug-likeness (QED) is 0.789. The molecule has 0 atom stereocenters. The van der Waals surface area contributed by atoms with E-state index in [4.69, 9.17) is 5.73 Å². The number of nitrogens with two attached hydrogens (primary N) is 1. The van der Waals surface area contributed by atoms with Gasteiger partial charge in [-0.3, -0.25) is 4.79 Å². The molecule has 98 valence electrons. The molecule has 2 aliphatic rings. The van der Waals surface area contributed by atoms with E-state index < -0.39 is 0 Å². The van der Waals surface area contributed by atoms with Crippen LogP contribution in [0.15, 0.2) is 0 Å². The molecule has 3 nitrogen and oxygen atoms in total. The number of hydrogen-bond acceptors (Lipinski definition) is 2. The molecule has 0 aromatic heterocycles. The Morgan fingerprint density at radius 1 is 1.12 bits per heavy atom. The van der Waals surface area contributed by atoms with Gasteiger partial charge in [0.2, 0.25) is 5.91 Å². The van der Waals surface area contributed by atoms with Crippen LogP contribution in [0.1, 0.15) is 57.8 Å². The van der Waals surface area contributed by atoms with Crippen LogP contribution in [0.5, 0.6) is 0 Å². The van der Waals surface area contributed by atoms with Gasteiger partial charge in [-0.1, -0.05) is 32.1 Å². The molecule has 3 N–H and O–H groups in total. The van der Waals surface area contributed by atoms with Crippen molar-refractivity contribution < 1.29 is 4.79 Å². The van der Waals surface area contributed by atoms with Gasteiger partial charge in [-0.2, -0.15) is 0 Å². The number of hydrogen-bond donors (Lipinski definition) is 2. The minimum absolute atomic E-state index is 0.213. The molecule has 0 aromatic carbocycles. The maximum absolute atomic E-state index is 12.1. The van der Waals surface area contributed by atoms with Crippen LogP contribution in [0.3, 0.4) is 0 Å². The molecular formula is C14H26N2O. The Balaban J connectivity index is 1.78. The number of amides is 1. The van der Waals surface area contributed by atoms with Crippen molar-refractivity contribution in [3.63, 3.8) is 0 Å². The lowest BCUT2D eigenvalue weighted by atomic mass is 9.85. The summed E-state index contributed by atoms with van der Waals surface area (Å²) >= 11 is 0. The Labute approximate surface area is 105 Å². The molecule has 0 bridgehead atoms. The highest BCUT2D eigenvalue weighted by Crippen LogP contribution is 2.36. The zero-order valence-corrected chi connectivity index (χ0v) is 10.8. The fourth-order valence-corrected chi connectivity index (χ4v) is 3.36. The van der Waals surface area contributed by atoms with E-state index in [-0.39, 0.29) is 17.2 Å². The third kappa shape index (κ3) is 3.21. The van der Waals surface area contributed by atoms with Crippen LogP contribution in [-0.2, 0) is 4.79 Å². The molecular weight excluding hydrogens is 212 g/mol. The Morgan fingerprint density at radius 3 is 2.35 bits per heavy atom. The van der Waals surface area contributed by atoms with E-state index in [0.717, 1.165) is 25.9 Å². The van der Waals surface area contributed by atoms with Crippen LogP contribution < -0.4 is 11.1 Å². The van der Waals surface area contributed by atoms with Crippen molar-refractivity contribution in [2.24, 2.45) is 17.1 Å². The predicted molar refractivity (Wildman–Crippen MR) is 69.5 cm³/mol. The Bertz CT molecular complexity index is 253. The molecule has 0 saturated heterocycles. The van der Waals surface area contributed by atoms with Crippen molar-refractivity contribution in [2.75, 3.05) is 13.1 Å². The molecule has 2 rings (SSSR count). The summed E-state index contributed by atoms with van der Waals surface area (Å²) < 4.78 is 0. The first-order chi connectivity index (χ1) is 8.26. The number of rotatable bonds is 4. The normalized spacial score (nSPS) is 24.8. The molecule has 17 heavy (non-hydrogen) atoms. The maximum Gasteiger partial charge on any atom is 0.223 e. The summed E-state index contributed by atoms with van der Waals surface area (Å²) in [6, 6.07) is 0. The minimum Gasteiger partial charge on any atom is -0.355 e. The van der Waals surface area contributed by atoms with Crippen LogP contribution in [0.25, 0.3) is 0 Å². The monoisotopic (exact) mass is 238 g/mol. The van der Waals surface area contributed by atoms with E-state index in [0.29, 0.717) is 0 Å². The highest BCUT2D eigenvalue weighted by atomic mass is 16.1. The van der Waals surface area contributed by atoms with Crippen LogP contribution in [0.4, 0.5) is 0 Å². The van der Waals surface area contributed by atoms with Crippen molar-refractivity contribution >= 4 is 5.91 Å². The van der Waals surface area contributed by atoms with Crippen molar-refractivity contribution in [1.82, 2.24) is 5.32 Å². The predicted octanol–water partition coefficient (Wildman–Crippen LogP) is 2.20. The van der Waals surface area contributed by atoms with Crippen LogP contribution in [0, 0.1) is 11.3 Å². The molecule has 0 unspecified atom stereocenters. The molecule has 1 amide bonds. The van der Waals surface area contributed by atoms with Gasteiger partial charge in [0.15, 0.2) is 0 Å². The van der Waals surface area contributed by atoms with Gasteiger partial charge < -0.3 is 11.1 Å². The lowest BCUT2D eigenvalue weighted by Crippen LogP contribution is -2.43. The second-order valence-corrected chi connectivity index (χ2v) is 5.96. The fourth-order valence-electron chi connectivity index (χ4n) is 3.36. The van der Waals surface area contributed by atoms with Crippen LogP contribution in [0.2, 0.25) is 0 Å². The second-order valence-electron chi connectivity index (χ2n) is 5.96. The molecule has 3 heteroatoms. The van der Waals surface area contributed by atoms with Crippen LogP contribution >= 0.6 is 0 Å². The van der Waals surface area contributed by atoms with Gasteiger partial charge in [0, 0.05) is 12.5 Å². The Kier molecular flexibility index (Phi) is 4.43. The zero-order chi connectivity index (χ0) is 12.1. The van der Waals surface area contributed by atoms with Crippen molar-refractivity contribution in [3.8, 4) is 0 Å². The summed E-state index contributed by atoms with van der Waals surface area (Å²) in [6.07, 6.45) is 10.8. The van der Waals surface area contributed by atoms with Gasteiger partial charge in [-0.15, -0.1) is 0 Å². The van der Waals surface area contributed by atoms with Gasteiger partial charge in [-0.25, -0.2) is 0 Å². The lowest BCUT2D eigenvalue weighted by Gasteiger charge is -2.29. The largest absolute Gasteiger partial charge is 0.355 e. The highest BCUT2D eigenvalue weighted by molar-refractivity contribution is 5.78. The third-order valence-electron chi connectivity index (χ3n) is 4.71. The standard InChI is InChI=1S/C14H26N2O/c15-10-14(8-4-5-9-14)11-16-13(17)12-6-2-1-3-7-12/h12H,1-11,15H2,(H,16,17). The summed E-state index contributed by atoms with van der Waals surface area (Å²) in [6.45, 7) is 1.52. The summed E-state index contributed by atoms with van der Waals surface area (Å²) in [7, 11) is 0. The van der Waals surface area contributed by atoms with E-state index in [2.05, 4.69) is 5.32 Å². The summed E-state index contributed by atoms with van der Waals surface area (Å²) in [5.41, 5.74) is 6.09. The van der Waals surface area contributed by atoms with Gasteiger partial charge in [0.05, 0.1) is 0 Å². The van der Waals surface area contributed by atoms with Gasteiger partial charge in [0.1, 0.15) is 0 Å². The molecule has 0 spiro atoms. The Hall–Kier alpha value is -0.570. The average molecular weight is 238 g/mol. The zero-order valence-electron chi connectivity index (χ0n) is 10.8. The highest BCUT2D eigenvalue weighted by Gasteiger charge is 2.33. The SMILES string of the molecule is NCC1(CNC(=O)C2CCCCC2)CCCC1. The lowest BCUT2D eigenvalue weighted by molar-refractivity contribution is -0.126. The smallest absolute Gasteiger partial charge is 0.223 e. The molecule has 2 saturated carbocycles. The molecule has 0 radical (unpaired) electrons. The maximum atomic E-state index is 12.1. The first-order valence-electron chi connectivity index (χ1n) is 7.24. The molecule has 2 fully saturated rings. The topological polar surface area (TPSA) is 55.1 Å². The summed E-state index contributed by atoms with van der Waals surface area (Å²) in [5, 5.41) is 3.17. The van der Waals surface area contributed by atoms with Crippen molar-refractivity contribution in [3.05, 3.63) is 0 Å². The number of carbonyl (C=O) groups excluding carboxylic acids is 1. The van der Waals surface area contributed by atoms with Crippen molar-refractivity contribution in [1.29, 1.82) is 0 Å². The minimum atomic E-state index is 0.213. The van der Waals surface area contributed by atoms with E-state index >= 15 is 0 Å². The first-order valence-corrected chi connectivity index (χ1v) is 7.24. The van der Waals surface area contributed by atoms with Gasteiger partial charge in [-0.05, 0) is 37.6 Å². The number of nitrogens with one attached hydrogen (secondary N) is 1. The summed E-state index contributed by atoms with van der Waals surface area (Å²) in [5.74, 6) is 0.560. The second kappa shape index (κ2) is 5.85. The number of carbonyl (C=O) groups is 1. The van der Waals surface area contributed by atoms with Gasteiger partial charge in [0.25, 0.3) is 0 Å². The third-order valence-corrected chi connectivity index (χ3v) is 4.71. The van der Waals surface area contributed by atoms with Crippen LogP contribution in [-0.4, -0.2) is 19.0 Å². The summed E-state index contributed by atoms with van der Waals surface area (Å²) in [4.78, 5) is 12.1. The van der Waals surface area contributed by atoms with Gasteiger partial charge >= 0.3 is 0 Å². The molecule has 0 heterocycles. The van der Waals surface area contributed by atoms with Crippen molar-refractivity contribution in [2.45, 2.75) is 57.8 Å². The fraction of sp³-hybridized carbons (Fsp3) is 0.929. The van der Waals surface area contributed by atoms with E-state index in [1.54, 1.807) is 0 Å².